The van der Waals surface area contributed by atoms with E-state index in [-0.39, 0.29) is 19.2 Å². The molecule has 0 N–H and O–H groups in total. The van der Waals surface area contributed by atoms with Crippen molar-refractivity contribution < 1.29 is 43.4 Å². The molecule has 0 unspecified atom stereocenters. The van der Waals surface area contributed by atoms with Gasteiger partial charge in [-0.3, -0.25) is 4.89 Å². The summed E-state index contributed by atoms with van der Waals surface area (Å²) in [5.74, 6) is -0.268. The second-order valence-corrected chi connectivity index (χ2v) is 9.14. The second-order valence-electron chi connectivity index (χ2n) is 9.14. The van der Waals surface area contributed by atoms with Crippen molar-refractivity contribution in [3.05, 3.63) is 0 Å². The molecule has 0 aliphatic carbocycles. The zero-order valence-electron chi connectivity index (χ0n) is 20.5. The Balaban J connectivity index is 0. The van der Waals surface area contributed by atoms with E-state index < -0.39 is 17.9 Å². The quantitative estimate of drug-likeness (QED) is 0.164. The van der Waals surface area contributed by atoms with Crippen molar-refractivity contribution in [2.45, 2.75) is 106 Å². The molecule has 0 atom stereocenters. The van der Waals surface area contributed by atoms with Crippen molar-refractivity contribution in [2.24, 2.45) is 5.41 Å². The van der Waals surface area contributed by atoms with Crippen LogP contribution in [0.4, 0.5) is 9.59 Å². The molecule has 9 nitrogen and oxygen atoms in total. The Morgan fingerprint density at radius 2 is 1.16 bits per heavy atom. The molecule has 0 bridgehead atoms. The summed E-state index contributed by atoms with van der Waals surface area (Å²) in [4.78, 5) is 50.1. The summed E-state index contributed by atoms with van der Waals surface area (Å²) >= 11 is 0. The Labute approximate surface area is 186 Å². The van der Waals surface area contributed by atoms with Gasteiger partial charge in [0, 0.05) is 6.42 Å². The molecule has 0 saturated carbocycles. The van der Waals surface area contributed by atoms with Crippen molar-refractivity contribution >= 4 is 18.3 Å². The molecule has 0 amide bonds. The van der Waals surface area contributed by atoms with Gasteiger partial charge >= 0.3 is 18.3 Å². The molecule has 0 aromatic rings. The average molecular weight is 451 g/mol. The van der Waals surface area contributed by atoms with Crippen LogP contribution in [0.5, 0.6) is 0 Å². The van der Waals surface area contributed by atoms with E-state index in [1.807, 2.05) is 34.6 Å². The minimum absolute atomic E-state index is 0.214. The largest absolute Gasteiger partial charge is 0.549 e. The number of hydrogen-bond donors (Lipinski definition) is 0. The fourth-order valence-electron chi connectivity index (χ4n) is 1.80. The van der Waals surface area contributed by atoms with E-state index in [4.69, 9.17) is 9.78 Å². The number of hydrogen-bond acceptors (Lipinski definition) is 9. The van der Waals surface area contributed by atoms with E-state index in [2.05, 4.69) is 40.0 Å². The Bertz CT molecular complexity index is 470. The highest BCUT2D eigenvalue weighted by Crippen LogP contribution is 2.22. The molecule has 0 fully saturated rings. The van der Waals surface area contributed by atoms with Crippen LogP contribution < -0.4 is 0 Å². The fourth-order valence-corrected chi connectivity index (χ4v) is 1.80. The highest BCUT2D eigenvalue weighted by atomic mass is 17.3. The molecule has 0 aromatic carbocycles. The maximum absolute atomic E-state index is 11.3. The SMILES string of the molecule is CC(C)(C)CCCCCC(=O)OOC(C)(C)C.CCCOC(=O)OOC(=O)OCCC. The van der Waals surface area contributed by atoms with Crippen molar-refractivity contribution in [3.8, 4) is 0 Å². The van der Waals surface area contributed by atoms with E-state index in [0.717, 1.165) is 19.3 Å². The van der Waals surface area contributed by atoms with E-state index in [9.17, 15) is 14.4 Å². The number of ether oxygens (including phenoxy) is 2. The van der Waals surface area contributed by atoms with Crippen molar-refractivity contribution in [2.75, 3.05) is 13.2 Å². The molecular weight excluding hydrogens is 408 g/mol. The van der Waals surface area contributed by atoms with Crippen molar-refractivity contribution in [1.82, 2.24) is 0 Å². The lowest BCUT2D eigenvalue weighted by Crippen LogP contribution is -2.21. The number of rotatable bonds is 10. The van der Waals surface area contributed by atoms with Crippen LogP contribution in [-0.4, -0.2) is 37.1 Å². The van der Waals surface area contributed by atoms with Crippen LogP contribution in [0.2, 0.25) is 0 Å². The molecule has 184 valence electrons. The van der Waals surface area contributed by atoms with Gasteiger partial charge in [-0.2, -0.15) is 24.3 Å². The number of carbonyl (C=O) groups is 3. The molecule has 9 heteroatoms. The minimum Gasteiger partial charge on any atom is -0.432 e. The highest BCUT2D eigenvalue weighted by Gasteiger charge is 2.15. The van der Waals surface area contributed by atoms with Crippen LogP contribution in [0.25, 0.3) is 0 Å². The summed E-state index contributed by atoms with van der Waals surface area (Å²) < 4.78 is 8.90. The molecule has 0 aliphatic heterocycles. The predicted octanol–water partition coefficient (Wildman–Crippen LogP) is 6.28. The Hall–Kier alpha value is -2.03. The van der Waals surface area contributed by atoms with Crippen molar-refractivity contribution in [1.29, 1.82) is 0 Å². The summed E-state index contributed by atoms with van der Waals surface area (Å²) in [5, 5.41) is 0. The van der Waals surface area contributed by atoms with E-state index in [0.29, 0.717) is 24.7 Å². The first-order valence-corrected chi connectivity index (χ1v) is 10.9. The molecule has 0 radical (unpaired) electrons. The van der Waals surface area contributed by atoms with Crippen molar-refractivity contribution in [3.63, 3.8) is 0 Å². The zero-order valence-corrected chi connectivity index (χ0v) is 20.5. The van der Waals surface area contributed by atoms with E-state index in [1.165, 1.54) is 6.42 Å². The van der Waals surface area contributed by atoms with Crippen LogP contribution in [0.3, 0.4) is 0 Å². The Morgan fingerprint density at radius 1 is 0.677 bits per heavy atom. The van der Waals surface area contributed by atoms with Gasteiger partial charge in [0.15, 0.2) is 0 Å². The maximum Gasteiger partial charge on any atom is 0.549 e. The molecule has 0 heterocycles. The third-order valence-electron chi connectivity index (χ3n) is 3.22. The number of unbranched alkanes of at least 4 members (excludes halogenated alkanes) is 2. The first kappa shape index (κ1) is 31.2. The summed E-state index contributed by atoms with van der Waals surface area (Å²) in [5.41, 5.74) is -0.0439. The van der Waals surface area contributed by atoms with Gasteiger partial charge in [0.1, 0.15) is 5.60 Å². The molecule has 31 heavy (non-hydrogen) atoms. The van der Waals surface area contributed by atoms with Gasteiger partial charge in [-0.25, -0.2) is 4.79 Å². The van der Waals surface area contributed by atoms with Gasteiger partial charge in [-0.1, -0.05) is 47.5 Å². The predicted molar refractivity (Wildman–Crippen MR) is 115 cm³/mol. The summed E-state index contributed by atoms with van der Waals surface area (Å²) in [6.45, 7) is 16.3. The van der Waals surface area contributed by atoms with Crippen LogP contribution in [0.1, 0.15) is 100 Å². The van der Waals surface area contributed by atoms with Gasteiger partial charge in [0.2, 0.25) is 0 Å². The highest BCUT2D eigenvalue weighted by molar-refractivity contribution is 5.68. The lowest BCUT2D eigenvalue weighted by atomic mass is 9.89. The van der Waals surface area contributed by atoms with Crippen LogP contribution >= 0.6 is 0 Å². The first-order valence-electron chi connectivity index (χ1n) is 10.9. The topological polar surface area (TPSA) is 107 Å². The van der Waals surface area contributed by atoms with E-state index >= 15 is 0 Å². The van der Waals surface area contributed by atoms with Gasteiger partial charge in [0.05, 0.1) is 13.2 Å². The lowest BCUT2D eigenvalue weighted by Gasteiger charge is -2.18. The van der Waals surface area contributed by atoms with Gasteiger partial charge in [0.25, 0.3) is 0 Å². The zero-order chi connectivity index (χ0) is 24.3. The van der Waals surface area contributed by atoms with Crippen LogP contribution in [0.15, 0.2) is 0 Å². The standard InChI is InChI=1S/C14H28O3.C8H14O6/c1-13(2,3)11-9-7-8-10-12(15)16-17-14(4,5)6;1-3-5-11-7(9)13-14-8(10)12-6-4-2/h7-11H2,1-6H3;3-6H2,1-2H3. The van der Waals surface area contributed by atoms with Crippen LogP contribution in [0, 0.1) is 5.41 Å². The normalized spacial score (nSPS) is 11.0. The molecule has 0 rings (SSSR count). The first-order chi connectivity index (χ1) is 14.3. The molecule has 0 aliphatic rings. The molecular formula is C22H42O9. The lowest BCUT2D eigenvalue weighted by molar-refractivity contribution is -0.320. The fraction of sp³-hybridized carbons (Fsp3) is 0.864. The van der Waals surface area contributed by atoms with E-state index in [1.54, 1.807) is 0 Å². The monoisotopic (exact) mass is 450 g/mol. The molecule has 0 spiro atoms. The summed E-state index contributed by atoms with van der Waals surface area (Å²) in [7, 11) is 0. The third-order valence-corrected chi connectivity index (χ3v) is 3.22. The molecule has 0 saturated heterocycles. The van der Waals surface area contributed by atoms with Gasteiger partial charge in [-0.05, 0) is 51.9 Å². The number of carbonyl (C=O) groups excluding carboxylic acids is 3. The average Bonchev–Trinajstić information content (AvgIpc) is 2.66. The smallest absolute Gasteiger partial charge is 0.432 e. The van der Waals surface area contributed by atoms with Gasteiger partial charge < -0.3 is 9.47 Å². The summed E-state index contributed by atoms with van der Waals surface area (Å²) in [6, 6.07) is 0. The maximum atomic E-state index is 11.3. The minimum atomic E-state index is -1.06. The summed E-state index contributed by atoms with van der Waals surface area (Å²) in [6.07, 6.45) is 3.97. The van der Waals surface area contributed by atoms with Crippen LogP contribution in [-0.2, 0) is 33.8 Å². The molecule has 0 aromatic heterocycles. The van der Waals surface area contributed by atoms with Gasteiger partial charge in [-0.15, -0.1) is 0 Å². The third kappa shape index (κ3) is 28.0. The Morgan fingerprint density at radius 3 is 1.55 bits per heavy atom. The Kier molecular flexibility index (Phi) is 17.7. The second kappa shape index (κ2) is 17.6.